The molecule has 0 radical (unpaired) electrons. The molecule has 0 spiro atoms. The molecule has 170 valence electrons. The summed E-state index contributed by atoms with van der Waals surface area (Å²) in [5.41, 5.74) is 2.15. The number of aromatic nitrogens is 3. The second-order valence-electron chi connectivity index (χ2n) is 8.10. The molecule has 4 heterocycles. The maximum absolute atomic E-state index is 14.5. The van der Waals surface area contributed by atoms with E-state index in [1.165, 1.54) is 0 Å². The Bertz CT molecular complexity index is 1180. The molecule has 0 aliphatic carbocycles. The standard InChI is InChI=1S/C23H23FN6O3/c1-13-10-30(11-14(2)33-13)16-5-3-15(4-6-16)26-23-25-9-17(24)21(29-23)18-7-8-19-22(27-18)28-20(31)12-32-19/h3-9,13-14H,10-12H2,1-2H3,(H,25,26,29)(H,27,28,31). The lowest BCUT2D eigenvalue weighted by Crippen LogP contribution is -2.45. The molecule has 33 heavy (non-hydrogen) atoms. The molecule has 1 amide bonds. The molecular formula is C23H23FN6O3. The number of amides is 1. The summed E-state index contributed by atoms with van der Waals surface area (Å²) >= 11 is 0. The van der Waals surface area contributed by atoms with Gasteiger partial charge in [-0.05, 0) is 50.2 Å². The average Bonchev–Trinajstić information content (AvgIpc) is 2.79. The number of halogens is 1. The van der Waals surface area contributed by atoms with Crippen molar-refractivity contribution in [2.45, 2.75) is 26.1 Å². The van der Waals surface area contributed by atoms with Gasteiger partial charge in [-0.3, -0.25) is 4.79 Å². The monoisotopic (exact) mass is 450 g/mol. The van der Waals surface area contributed by atoms with Crippen LogP contribution in [-0.4, -0.2) is 52.8 Å². The number of morpholine rings is 1. The highest BCUT2D eigenvalue weighted by Gasteiger charge is 2.23. The molecule has 2 atom stereocenters. The van der Waals surface area contributed by atoms with E-state index in [2.05, 4.69) is 44.3 Å². The van der Waals surface area contributed by atoms with Gasteiger partial charge in [-0.25, -0.2) is 19.3 Å². The molecular weight excluding hydrogens is 427 g/mol. The molecule has 1 fully saturated rings. The predicted molar refractivity (Wildman–Crippen MR) is 121 cm³/mol. The number of rotatable bonds is 4. The highest BCUT2D eigenvalue weighted by Crippen LogP contribution is 2.30. The zero-order valence-corrected chi connectivity index (χ0v) is 18.2. The van der Waals surface area contributed by atoms with Crippen molar-refractivity contribution in [2.24, 2.45) is 0 Å². The zero-order valence-electron chi connectivity index (χ0n) is 18.2. The number of nitrogens with one attached hydrogen (secondary N) is 2. The van der Waals surface area contributed by atoms with Crippen LogP contribution in [0.1, 0.15) is 13.8 Å². The van der Waals surface area contributed by atoms with Crippen molar-refractivity contribution in [2.75, 3.05) is 35.2 Å². The van der Waals surface area contributed by atoms with Crippen molar-refractivity contribution in [1.29, 1.82) is 0 Å². The highest BCUT2D eigenvalue weighted by molar-refractivity contribution is 5.94. The van der Waals surface area contributed by atoms with E-state index < -0.39 is 5.82 Å². The second kappa shape index (κ2) is 8.62. The number of anilines is 4. The summed E-state index contributed by atoms with van der Waals surface area (Å²) < 4.78 is 25.6. The van der Waals surface area contributed by atoms with Crippen LogP contribution in [0, 0.1) is 5.82 Å². The Morgan fingerprint density at radius 3 is 2.61 bits per heavy atom. The van der Waals surface area contributed by atoms with Crippen LogP contribution in [0.25, 0.3) is 11.4 Å². The van der Waals surface area contributed by atoms with Gasteiger partial charge in [-0.1, -0.05) is 0 Å². The van der Waals surface area contributed by atoms with E-state index in [1.807, 2.05) is 24.3 Å². The summed E-state index contributed by atoms with van der Waals surface area (Å²) in [6, 6.07) is 11.1. The largest absolute Gasteiger partial charge is 0.480 e. The fourth-order valence-electron chi connectivity index (χ4n) is 3.98. The molecule has 9 nitrogen and oxygen atoms in total. The fraction of sp³-hybridized carbons (Fsp3) is 0.304. The van der Waals surface area contributed by atoms with Gasteiger partial charge in [0.15, 0.2) is 24.0 Å². The van der Waals surface area contributed by atoms with E-state index in [1.54, 1.807) is 12.1 Å². The van der Waals surface area contributed by atoms with Gasteiger partial charge in [0.25, 0.3) is 5.91 Å². The van der Waals surface area contributed by atoms with Crippen LogP contribution in [0.4, 0.5) is 27.5 Å². The molecule has 2 aliphatic rings. The average molecular weight is 450 g/mol. The molecule has 5 rings (SSSR count). The Hall–Kier alpha value is -3.79. The topological polar surface area (TPSA) is 102 Å². The van der Waals surface area contributed by atoms with E-state index in [0.717, 1.165) is 30.7 Å². The van der Waals surface area contributed by atoms with Crippen molar-refractivity contribution in [3.63, 3.8) is 0 Å². The van der Waals surface area contributed by atoms with Crippen molar-refractivity contribution >= 4 is 29.0 Å². The van der Waals surface area contributed by atoms with Gasteiger partial charge in [0.1, 0.15) is 5.69 Å². The van der Waals surface area contributed by atoms with Crippen LogP contribution in [0.5, 0.6) is 5.75 Å². The van der Waals surface area contributed by atoms with E-state index >= 15 is 0 Å². The smallest absolute Gasteiger partial charge is 0.263 e. The fourth-order valence-corrected chi connectivity index (χ4v) is 3.98. The Balaban J connectivity index is 1.35. The van der Waals surface area contributed by atoms with Crippen LogP contribution in [0.3, 0.4) is 0 Å². The summed E-state index contributed by atoms with van der Waals surface area (Å²) in [5.74, 6) is -0.0504. The predicted octanol–water partition coefficient (Wildman–Crippen LogP) is 3.37. The second-order valence-corrected chi connectivity index (χ2v) is 8.10. The van der Waals surface area contributed by atoms with Crippen molar-refractivity contribution in [3.05, 3.63) is 48.4 Å². The van der Waals surface area contributed by atoms with Gasteiger partial charge in [0.05, 0.1) is 24.1 Å². The normalized spacial score (nSPS) is 20.0. The number of fused-ring (bicyclic) bond motifs is 1. The number of ether oxygens (including phenoxy) is 2. The molecule has 10 heteroatoms. The van der Waals surface area contributed by atoms with Gasteiger partial charge >= 0.3 is 0 Å². The molecule has 2 unspecified atom stereocenters. The Morgan fingerprint density at radius 1 is 1.09 bits per heavy atom. The Labute approximate surface area is 190 Å². The first-order valence-electron chi connectivity index (χ1n) is 10.7. The van der Waals surface area contributed by atoms with Gasteiger partial charge in [0.2, 0.25) is 5.95 Å². The van der Waals surface area contributed by atoms with E-state index in [-0.39, 0.29) is 47.9 Å². The summed E-state index contributed by atoms with van der Waals surface area (Å²) in [5, 5.41) is 5.72. The maximum atomic E-state index is 14.5. The van der Waals surface area contributed by atoms with Crippen LogP contribution in [0.2, 0.25) is 0 Å². The van der Waals surface area contributed by atoms with Crippen LogP contribution in [0.15, 0.2) is 42.6 Å². The number of hydrogen-bond donors (Lipinski definition) is 2. The minimum Gasteiger partial charge on any atom is -0.480 e. The van der Waals surface area contributed by atoms with E-state index in [4.69, 9.17) is 9.47 Å². The van der Waals surface area contributed by atoms with Gasteiger partial charge < -0.3 is 25.0 Å². The minimum atomic E-state index is -0.623. The minimum absolute atomic E-state index is 0.0167. The van der Waals surface area contributed by atoms with Crippen molar-refractivity contribution in [3.8, 4) is 17.1 Å². The third kappa shape index (κ3) is 4.56. The van der Waals surface area contributed by atoms with Crippen molar-refractivity contribution in [1.82, 2.24) is 15.0 Å². The molecule has 0 bridgehead atoms. The molecule has 2 N–H and O–H groups in total. The first kappa shape index (κ1) is 21.1. The zero-order chi connectivity index (χ0) is 22.9. The first-order valence-corrected chi connectivity index (χ1v) is 10.7. The number of hydrogen-bond acceptors (Lipinski definition) is 8. The van der Waals surface area contributed by atoms with Crippen LogP contribution >= 0.6 is 0 Å². The Morgan fingerprint density at radius 2 is 1.85 bits per heavy atom. The molecule has 3 aromatic rings. The number of carbonyl (C=O) groups is 1. The lowest BCUT2D eigenvalue weighted by Gasteiger charge is -2.36. The molecule has 2 aromatic heterocycles. The Kier molecular flexibility index (Phi) is 5.51. The first-order chi connectivity index (χ1) is 15.9. The molecule has 1 aromatic carbocycles. The molecule has 0 saturated carbocycles. The SMILES string of the molecule is CC1CN(c2ccc(Nc3ncc(F)c(-c4ccc5c(n4)NC(=O)CO5)n3)cc2)CC(C)O1. The number of carbonyl (C=O) groups excluding carboxylic acids is 1. The summed E-state index contributed by atoms with van der Waals surface area (Å²) in [4.78, 5) is 26.5. The number of pyridine rings is 1. The quantitative estimate of drug-likeness (QED) is 0.624. The molecule has 2 aliphatic heterocycles. The highest BCUT2D eigenvalue weighted by atomic mass is 19.1. The number of benzene rings is 1. The van der Waals surface area contributed by atoms with E-state index in [9.17, 15) is 9.18 Å². The third-order valence-corrected chi connectivity index (χ3v) is 5.37. The maximum Gasteiger partial charge on any atom is 0.263 e. The van der Waals surface area contributed by atoms with Crippen LogP contribution < -0.4 is 20.3 Å². The lowest BCUT2D eigenvalue weighted by molar-refractivity contribution is -0.118. The van der Waals surface area contributed by atoms with Gasteiger partial charge in [-0.2, -0.15) is 0 Å². The number of nitrogens with zero attached hydrogens (tertiary/aromatic N) is 4. The summed E-state index contributed by atoms with van der Waals surface area (Å²) in [7, 11) is 0. The summed E-state index contributed by atoms with van der Waals surface area (Å²) in [6.07, 6.45) is 1.44. The third-order valence-electron chi connectivity index (χ3n) is 5.37. The van der Waals surface area contributed by atoms with Gasteiger partial charge in [-0.15, -0.1) is 0 Å². The van der Waals surface area contributed by atoms with Crippen LogP contribution in [-0.2, 0) is 9.53 Å². The lowest BCUT2D eigenvalue weighted by atomic mass is 10.2. The van der Waals surface area contributed by atoms with Crippen molar-refractivity contribution < 1.29 is 18.7 Å². The van der Waals surface area contributed by atoms with Gasteiger partial charge in [0, 0.05) is 24.5 Å². The van der Waals surface area contributed by atoms with E-state index in [0.29, 0.717) is 5.75 Å². The summed E-state index contributed by atoms with van der Waals surface area (Å²) in [6.45, 7) is 5.73. The molecule has 1 saturated heterocycles.